The number of allylic oxidation sites excluding steroid dienone is 1. The Morgan fingerprint density at radius 2 is 1.78 bits per heavy atom. The van der Waals surface area contributed by atoms with Gasteiger partial charge in [0.2, 0.25) is 10.0 Å². The molecule has 0 bridgehead atoms. The van der Waals surface area contributed by atoms with Gasteiger partial charge in [0, 0.05) is 22.2 Å². The summed E-state index contributed by atoms with van der Waals surface area (Å²) >= 11 is 1.40. The molecule has 0 aliphatic carbocycles. The van der Waals surface area contributed by atoms with Crippen molar-refractivity contribution in [1.82, 2.24) is 4.98 Å². The number of hydrogen-bond acceptors (Lipinski definition) is 5. The third kappa shape index (κ3) is 5.32. The second-order valence-electron chi connectivity index (χ2n) is 5.73. The van der Waals surface area contributed by atoms with Crippen LogP contribution in [-0.4, -0.2) is 25.4 Å². The second kappa shape index (κ2) is 7.81. The summed E-state index contributed by atoms with van der Waals surface area (Å²) in [5, 5.41) is 2.54. The number of anilines is 1. The van der Waals surface area contributed by atoms with E-state index in [0.717, 1.165) is 16.8 Å². The summed E-state index contributed by atoms with van der Waals surface area (Å²) in [6.07, 6.45) is 4.07. The van der Waals surface area contributed by atoms with Gasteiger partial charge in [-0.15, -0.1) is 11.3 Å². The summed E-state index contributed by atoms with van der Waals surface area (Å²) in [6.45, 7) is 0. The number of rotatable bonds is 6. The zero-order chi connectivity index (χ0) is 19.4. The molecule has 1 N–H and O–H groups in total. The summed E-state index contributed by atoms with van der Waals surface area (Å²) in [4.78, 5) is 16.6. The molecular formula is C19H15FN2O3S2. The van der Waals surface area contributed by atoms with Crippen LogP contribution in [0, 0.1) is 5.82 Å². The van der Waals surface area contributed by atoms with Gasteiger partial charge in [0.15, 0.2) is 5.78 Å². The Morgan fingerprint density at radius 1 is 1.11 bits per heavy atom. The Kier molecular flexibility index (Phi) is 5.48. The lowest BCUT2D eigenvalue weighted by atomic mass is 10.1. The minimum absolute atomic E-state index is 0.225. The van der Waals surface area contributed by atoms with Crippen molar-refractivity contribution in [2.45, 2.75) is 0 Å². The van der Waals surface area contributed by atoms with Crippen LogP contribution < -0.4 is 4.72 Å². The lowest BCUT2D eigenvalue weighted by Crippen LogP contribution is -2.09. The first kappa shape index (κ1) is 18.9. The van der Waals surface area contributed by atoms with Crippen LogP contribution in [0.1, 0.15) is 16.1 Å². The number of aromatic nitrogens is 1. The van der Waals surface area contributed by atoms with Crippen molar-refractivity contribution in [2.24, 2.45) is 0 Å². The number of benzene rings is 2. The first-order valence-corrected chi connectivity index (χ1v) is 10.6. The number of thiazole rings is 1. The largest absolute Gasteiger partial charge is 0.289 e. The zero-order valence-electron chi connectivity index (χ0n) is 14.2. The highest BCUT2D eigenvalue weighted by molar-refractivity contribution is 7.92. The Hall–Kier alpha value is -2.84. The quantitative estimate of drug-likeness (QED) is 0.495. The zero-order valence-corrected chi connectivity index (χ0v) is 15.9. The van der Waals surface area contributed by atoms with Crippen molar-refractivity contribution >= 4 is 38.9 Å². The Balaban J connectivity index is 1.69. The van der Waals surface area contributed by atoms with E-state index in [4.69, 9.17) is 0 Å². The molecule has 0 aliphatic rings. The molecular weight excluding hydrogens is 387 g/mol. The molecule has 0 saturated carbocycles. The maximum Gasteiger partial charge on any atom is 0.229 e. The average molecular weight is 402 g/mol. The number of halogens is 1. The van der Waals surface area contributed by atoms with Gasteiger partial charge in [-0.2, -0.15) is 0 Å². The van der Waals surface area contributed by atoms with E-state index in [9.17, 15) is 17.6 Å². The monoisotopic (exact) mass is 402 g/mol. The Labute approximate surface area is 160 Å². The van der Waals surface area contributed by atoms with Crippen LogP contribution in [0.4, 0.5) is 10.1 Å². The normalized spacial score (nSPS) is 11.6. The van der Waals surface area contributed by atoms with E-state index in [1.807, 2.05) is 5.38 Å². The highest BCUT2D eigenvalue weighted by Gasteiger charge is 2.06. The van der Waals surface area contributed by atoms with Crippen LogP contribution in [0.2, 0.25) is 0 Å². The molecule has 2 aromatic carbocycles. The van der Waals surface area contributed by atoms with Crippen molar-refractivity contribution in [3.05, 3.63) is 77.1 Å². The highest BCUT2D eigenvalue weighted by Crippen LogP contribution is 2.24. The maximum atomic E-state index is 13.0. The molecule has 0 fully saturated rings. The van der Waals surface area contributed by atoms with Crippen molar-refractivity contribution in [3.63, 3.8) is 0 Å². The number of carbonyl (C=O) groups is 1. The van der Waals surface area contributed by atoms with E-state index in [1.54, 1.807) is 30.3 Å². The maximum absolute atomic E-state index is 13.0. The van der Waals surface area contributed by atoms with Gasteiger partial charge >= 0.3 is 0 Å². The van der Waals surface area contributed by atoms with Gasteiger partial charge in [0.05, 0.1) is 11.9 Å². The standard InChI is InChI=1S/C19H15FN2O3S2/c1-27(24,25)22-16-8-4-13(5-9-16)18(23)11-10-17-12-26-19(21-17)14-2-6-15(20)7-3-14/h2-12,22H,1H3. The van der Waals surface area contributed by atoms with Crippen molar-refractivity contribution < 1.29 is 17.6 Å². The van der Waals surface area contributed by atoms with E-state index >= 15 is 0 Å². The molecule has 0 amide bonds. The van der Waals surface area contributed by atoms with Gasteiger partial charge < -0.3 is 0 Å². The molecule has 0 atom stereocenters. The summed E-state index contributed by atoms with van der Waals surface area (Å²) in [5.74, 6) is -0.531. The van der Waals surface area contributed by atoms with Crippen molar-refractivity contribution in [1.29, 1.82) is 0 Å². The molecule has 1 aromatic heterocycles. The van der Waals surface area contributed by atoms with Crippen LogP contribution in [0.3, 0.4) is 0 Å². The topological polar surface area (TPSA) is 76.1 Å². The SMILES string of the molecule is CS(=O)(=O)Nc1ccc(C(=O)C=Cc2csc(-c3ccc(F)cc3)n2)cc1. The summed E-state index contributed by atoms with van der Waals surface area (Å²) in [5.41, 5.74) is 2.25. The third-order valence-electron chi connectivity index (χ3n) is 3.49. The Morgan fingerprint density at radius 3 is 2.41 bits per heavy atom. The fourth-order valence-corrected chi connectivity index (χ4v) is 3.62. The third-order valence-corrected chi connectivity index (χ3v) is 5.01. The molecule has 0 aliphatic heterocycles. The van der Waals surface area contributed by atoms with Crippen LogP contribution in [0.5, 0.6) is 0 Å². The van der Waals surface area contributed by atoms with Crippen LogP contribution >= 0.6 is 11.3 Å². The van der Waals surface area contributed by atoms with Crippen LogP contribution in [0.25, 0.3) is 16.6 Å². The van der Waals surface area contributed by atoms with Crippen LogP contribution in [-0.2, 0) is 10.0 Å². The molecule has 8 heteroatoms. The summed E-state index contributed by atoms with van der Waals surface area (Å²) in [7, 11) is -3.36. The second-order valence-corrected chi connectivity index (χ2v) is 8.34. The van der Waals surface area contributed by atoms with E-state index in [0.29, 0.717) is 16.9 Å². The first-order valence-electron chi connectivity index (χ1n) is 7.82. The van der Waals surface area contributed by atoms with Crippen molar-refractivity contribution in [2.75, 3.05) is 11.0 Å². The number of ketones is 1. The summed E-state index contributed by atoms with van der Waals surface area (Å²) in [6, 6.07) is 12.2. The minimum atomic E-state index is -3.36. The average Bonchev–Trinajstić information content (AvgIpc) is 3.08. The first-order chi connectivity index (χ1) is 12.8. The molecule has 3 aromatic rings. The predicted octanol–water partition coefficient (Wildman–Crippen LogP) is 4.22. The number of nitrogens with zero attached hydrogens (tertiary/aromatic N) is 1. The summed E-state index contributed by atoms with van der Waals surface area (Å²) < 4.78 is 37.7. The van der Waals surface area contributed by atoms with Gasteiger partial charge in [0.1, 0.15) is 10.8 Å². The highest BCUT2D eigenvalue weighted by atomic mass is 32.2. The predicted molar refractivity (Wildman–Crippen MR) is 106 cm³/mol. The van der Waals surface area contributed by atoms with E-state index in [1.165, 1.54) is 41.7 Å². The smallest absolute Gasteiger partial charge is 0.229 e. The fourth-order valence-electron chi connectivity index (χ4n) is 2.26. The van der Waals surface area contributed by atoms with Crippen molar-refractivity contribution in [3.8, 4) is 10.6 Å². The number of carbonyl (C=O) groups excluding carboxylic acids is 1. The molecule has 1 heterocycles. The molecule has 0 spiro atoms. The fraction of sp³-hybridized carbons (Fsp3) is 0.0526. The minimum Gasteiger partial charge on any atom is -0.289 e. The van der Waals surface area contributed by atoms with Gasteiger partial charge in [-0.25, -0.2) is 17.8 Å². The number of sulfonamides is 1. The molecule has 0 unspecified atom stereocenters. The molecule has 5 nitrogen and oxygen atoms in total. The van der Waals surface area contributed by atoms with Crippen LogP contribution in [0.15, 0.2) is 60.0 Å². The van der Waals surface area contributed by atoms with E-state index in [2.05, 4.69) is 9.71 Å². The molecule has 3 rings (SSSR count). The van der Waals surface area contributed by atoms with Gasteiger partial charge in [-0.3, -0.25) is 9.52 Å². The lowest BCUT2D eigenvalue weighted by molar-refractivity contribution is 0.104. The molecule has 0 radical (unpaired) electrons. The van der Waals surface area contributed by atoms with E-state index < -0.39 is 10.0 Å². The number of nitrogens with one attached hydrogen (secondary N) is 1. The van der Waals surface area contributed by atoms with Gasteiger partial charge in [-0.1, -0.05) is 0 Å². The van der Waals surface area contributed by atoms with Gasteiger partial charge in [0.25, 0.3) is 0 Å². The number of hydrogen-bond donors (Lipinski definition) is 1. The van der Waals surface area contributed by atoms with E-state index in [-0.39, 0.29) is 11.6 Å². The lowest BCUT2D eigenvalue weighted by Gasteiger charge is -2.03. The molecule has 138 valence electrons. The van der Waals surface area contributed by atoms with Gasteiger partial charge in [-0.05, 0) is 60.7 Å². The molecule has 27 heavy (non-hydrogen) atoms. The molecule has 0 saturated heterocycles. The Bertz CT molecular complexity index is 1090.